The zero-order valence-corrected chi connectivity index (χ0v) is 35.2. The maximum Gasteiger partial charge on any atom is 0.338 e. The van der Waals surface area contributed by atoms with Crippen molar-refractivity contribution in [1.29, 1.82) is 0 Å². The molecule has 1 saturated heterocycles. The minimum absolute atomic E-state index is 0.00289. The topological polar surface area (TPSA) is 221 Å². The molecule has 2 saturated carbocycles. The number of fused-ring (bicyclic) bond motifs is 5. The summed E-state index contributed by atoms with van der Waals surface area (Å²) in [6, 6.07) is 22.9. The van der Waals surface area contributed by atoms with E-state index in [2.05, 4.69) is 5.32 Å². The van der Waals surface area contributed by atoms with E-state index in [1.807, 2.05) is 0 Å². The number of amides is 1. The lowest BCUT2D eigenvalue weighted by Crippen LogP contribution is -2.82. The predicted octanol–water partition coefficient (Wildman–Crippen LogP) is 3.74. The molecule has 7 rings (SSSR count). The fourth-order valence-electron chi connectivity index (χ4n) is 10.2. The van der Waals surface area contributed by atoms with Gasteiger partial charge in [-0.2, -0.15) is 0 Å². The Bertz CT molecular complexity index is 2280. The number of hydrogen-bond donors (Lipinski definition) is 4. The molecule has 328 valence electrons. The van der Waals surface area contributed by atoms with Crippen molar-refractivity contribution in [2.75, 3.05) is 6.61 Å². The molecule has 62 heavy (non-hydrogen) atoms. The molecule has 4 aliphatic rings. The van der Waals surface area contributed by atoms with Crippen molar-refractivity contribution in [3.8, 4) is 0 Å². The molecule has 0 aromatic heterocycles. The van der Waals surface area contributed by atoms with Gasteiger partial charge in [-0.3, -0.25) is 19.2 Å². The number of aliphatic hydroxyl groups is 3. The maximum atomic E-state index is 15.5. The molecule has 15 nitrogen and oxygen atoms in total. The average molecular weight is 853 g/mol. The van der Waals surface area contributed by atoms with Gasteiger partial charge in [0.05, 0.1) is 35.6 Å². The number of rotatable bonds is 10. The standard InChI is InChI=1S/C47H51NO14/c1-25-31(60-43(56)36(52)35(28-16-10-7-11-17-28)48-41(54)29-18-12-8-13-19-29)23-47(57)40(61-42(55)30-20-14-9-15-21-30)38-45(6,32(51)22-33-46(38,24-58-33)62-27(3)50)39(53)37(59-26(2)49)34(25)44(47,4)5/h7-21,31-33,35-38,40,51-52,57H,22-24H2,1-6H3,(H,48,54)/t31-,32-,33+,35?,36?,37+,38?,40?,45+,46-,47+/m0/s1/i3-1. The Morgan fingerprint density at radius 2 is 1.40 bits per heavy atom. The molecule has 1 amide bonds. The first-order chi connectivity index (χ1) is 29.3. The summed E-state index contributed by atoms with van der Waals surface area (Å²) in [7, 11) is 0. The molecular formula is C47H51NO14. The second kappa shape index (κ2) is 16.5. The van der Waals surface area contributed by atoms with Gasteiger partial charge in [0.25, 0.3) is 5.91 Å². The Balaban J connectivity index is 1.39. The van der Waals surface area contributed by atoms with Crippen molar-refractivity contribution >= 4 is 35.6 Å². The number of hydrogen-bond acceptors (Lipinski definition) is 14. The molecule has 0 spiro atoms. The summed E-state index contributed by atoms with van der Waals surface area (Å²) < 4.78 is 30.3. The van der Waals surface area contributed by atoms with Gasteiger partial charge in [0.2, 0.25) is 0 Å². The Kier molecular flexibility index (Phi) is 11.8. The molecular weight excluding hydrogens is 802 g/mol. The van der Waals surface area contributed by atoms with E-state index >= 15 is 4.79 Å². The van der Waals surface area contributed by atoms with E-state index in [1.165, 1.54) is 26.0 Å². The van der Waals surface area contributed by atoms with Crippen LogP contribution in [0, 0.1) is 16.7 Å². The van der Waals surface area contributed by atoms with Crippen LogP contribution in [-0.2, 0) is 42.9 Å². The smallest absolute Gasteiger partial charge is 0.338 e. The first kappa shape index (κ1) is 44.3. The molecule has 15 heteroatoms. The van der Waals surface area contributed by atoms with Gasteiger partial charge in [0, 0.05) is 37.7 Å². The van der Waals surface area contributed by atoms with E-state index in [4.69, 9.17) is 23.7 Å². The second-order valence-corrected chi connectivity index (χ2v) is 17.4. The third kappa shape index (κ3) is 7.29. The maximum absolute atomic E-state index is 15.5. The lowest BCUT2D eigenvalue weighted by Gasteiger charge is -2.67. The van der Waals surface area contributed by atoms with E-state index in [1.54, 1.807) is 92.7 Å². The van der Waals surface area contributed by atoms with E-state index in [0.717, 1.165) is 13.8 Å². The molecule has 11 atom stereocenters. The van der Waals surface area contributed by atoms with Crippen molar-refractivity contribution in [2.45, 2.75) is 108 Å². The largest absolute Gasteiger partial charge is 0.456 e. The summed E-state index contributed by atoms with van der Waals surface area (Å²) in [6.45, 7) is 7.97. The lowest BCUT2D eigenvalue weighted by atomic mass is 9.44. The minimum atomic E-state index is -2.39. The first-order valence-corrected chi connectivity index (χ1v) is 20.5. The number of ether oxygens (including phenoxy) is 5. The van der Waals surface area contributed by atoms with Gasteiger partial charge >= 0.3 is 23.9 Å². The number of benzene rings is 3. The van der Waals surface area contributed by atoms with E-state index in [0.29, 0.717) is 5.56 Å². The van der Waals surface area contributed by atoms with Crippen LogP contribution in [-0.4, -0.2) is 105 Å². The summed E-state index contributed by atoms with van der Waals surface area (Å²) >= 11 is 0. The molecule has 3 aromatic carbocycles. The van der Waals surface area contributed by atoms with Crippen LogP contribution >= 0.6 is 0 Å². The Morgan fingerprint density at radius 1 is 0.823 bits per heavy atom. The number of ketones is 1. The fraction of sp³-hybridized carbons (Fsp3) is 0.447. The first-order valence-electron chi connectivity index (χ1n) is 20.5. The van der Waals surface area contributed by atoms with Crippen LogP contribution in [0.4, 0.5) is 0 Å². The number of esters is 4. The van der Waals surface area contributed by atoms with Crippen LogP contribution in [0.2, 0.25) is 0 Å². The average Bonchev–Trinajstić information content (AvgIpc) is 3.24. The molecule has 1 aliphatic heterocycles. The van der Waals surface area contributed by atoms with Crippen LogP contribution in [0.3, 0.4) is 0 Å². The Morgan fingerprint density at radius 3 is 1.95 bits per heavy atom. The minimum Gasteiger partial charge on any atom is -0.456 e. The van der Waals surface area contributed by atoms with Crippen molar-refractivity contribution in [1.82, 2.24) is 5.32 Å². The highest BCUT2D eigenvalue weighted by Gasteiger charge is 2.78. The van der Waals surface area contributed by atoms with E-state index in [9.17, 15) is 39.3 Å². The fourth-order valence-corrected chi connectivity index (χ4v) is 10.2. The van der Waals surface area contributed by atoms with Gasteiger partial charge in [-0.05, 0) is 54.8 Å². The molecule has 1 heterocycles. The SMILES string of the molecule is CC(=O)O[C@H]1C(=O)[C@@]2(C)C(C(OC(=O)c3ccccc3)[C@]3(O)C[C@H](OC(=O)C(O)C(NC(=O)c4ccccc4)c4ccccc4)C(C)=C1C3(C)C)[C@]1(OC([11CH3])=O)CO[C@@H]1C[C@@H]2O. The number of Topliss-reactive ketones (excluding diaryl/α,β-unsaturated/α-hetero) is 1. The summed E-state index contributed by atoms with van der Waals surface area (Å²) in [4.78, 5) is 83.5. The monoisotopic (exact) mass is 852 g/mol. The third-order valence-electron chi connectivity index (χ3n) is 13.5. The van der Waals surface area contributed by atoms with Crippen LogP contribution in [0.25, 0.3) is 0 Å². The van der Waals surface area contributed by atoms with E-state index < -0.39 is 113 Å². The Labute approximate surface area is 358 Å². The highest BCUT2D eigenvalue weighted by molar-refractivity contribution is 5.96. The van der Waals surface area contributed by atoms with Gasteiger partial charge in [-0.1, -0.05) is 80.6 Å². The van der Waals surface area contributed by atoms with Gasteiger partial charge in [0.1, 0.15) is 23.9 Å². The zero-order valence-electron chi connectivity index (χ0n) is 35.2. The number of carbonyl (C=O) groups excluding carboxylic acids is 6. The van der Waals surface area contributed by atoms with Crippen LogP contribution in [0.5, 0.6) is 0 Å². The summed E-state index contributed by atoms with van der Waals surface area (Å²) in [5, 5.41) is 40.2. The number of aliphatic hydroxyl groups excluding tert-OH is 2. The molecule has 3 aliphatic carbocycles. The summed E-state index contributed by atoms with van der Waals surface area (Å²) in [6.07, 6.45) is -10.5. The quantitative estimate of drug-likeness (QED) is 0.130. The molecule has 0 radical (unpaired) electrons. The van der Waals surface area contributed by atoms with E-state index in [-0.39, 0.29) is 35.3 Å². The van der Waals surface area contributed by atoms with Crippen molar-refractivity contribution < 1.29 is 67.8 Å². The zero-order chi connectivity index (χ0) is 44.9. The van der Waals surface area contributed by atoms with Crippen molar-refractivity contribution in [3.63, 3.8) is 0 Å². The molecule has 3 aromatic rings. The Hall–Kier alpha value is -5.74. The van der Waals surface area contributed by atoms with Gasteiger partial charge in [-0.25, -0.2) is 9.59 Å². The lowest BCUT2D eigenvalue weighted by molar-refractivity contribution is -0.346. The van der Waals surface area contributed by atoms with Crippen molar-refractivity contribution in [2.24, 2.45) is 16.7 Å². The predicted molar refractivity (Wildman–Crippen MR) is 218 cm³/mol. The normalized spacial score (nSPS) is 31.9. The van der Waals surface area contributed by atoms with Crippen LogP contribution < -0.4 is 5.32 Å². The molecule has 3 fully saturated rings. The summed E-state index contributed by atoms with van der Waals surface area (Å²) in [5.74, 6) is -6.84. The van der Waals surface area contributed by atoms with Gasteiger partial charge < -0.3 is 44.3 Å². The number of nitrogens with one attached hydrogen (secondary N) is 1. The van der Waals surface area contributed by atoms with Crippen LogP contribution in [0.15, 0.2) is 102 Å². The van der Waals surface area contributed by atoms with Crippen LogP contribution in [0.1, 0.15) is 86.7 Å². The van der Waals surface area contributed by atoms with Gasteiger partial charge in [-0.15, -0.1) is 0 Å². The number of carbonyl (C=O) groups is 6. The molecule has 2 bridgehead atoms. The third-order valence-corrected chi connectivity index (χ3v) is 13.5. The molecule has 4 unspecified atom stereocenters. The second-order valence-electron chi connectivity index (χ2n) is 17.4. The molecule has 4 N–H and O–H groups in total. The highest BCUT2D eigenvalue weighted by atomic mass is 16.6. The highest BCUT2D eigenvalue weighted by Crippen LogP contribution is 2.64. The summed E-state index contributed by atoms with van der Waals surface area (Å²) in [5.41, 5.74) is -7.02. The van der Waals surface area contributed by atoms with Crippen molar-refractivity contribution in [3.05, 3.63) is 119 Å². The van der Waals surface area contributed by atoms with Gasteiger partial charge in [0.15, 0.2) is 23.6 Å².